The molecular weight excluding hydrogens is 685 g/mol. The number of nitrogens with zero attached hydrogens (tertiary/aromatic N) is 1. The van der Waals surface area contributed by atoms with Gasteiger partial charge in [0.15, 0.2) is 5.76 Å². The standard InChI is InChI=1S/C52H32N2O2/c1-3-11-31(12-4-1)49-51-50(54-52(53-49)32-13-5-2-6-14-32)42-26-24-38(30-46(42)56-51)36-18-8-16-34(28-36)33-15-7-17-35(27-33)37-23-25-39-40-19-9-21-44-47(40)48-41(43(39)29-37)20-10-22-45(48)55-44/h1-30,49H,(H,53,54). The molecule has 4 nitrogen and oxygen atoms in total. The number of hydrogen-bond acceptors (Lipinski definition) is 4. The number of nitrogens with one attached hydrogen (secondary N) is 1. The van der Waals surface area contributed by atoms with Gasteiger partial charge >= 0.3 is 0 Å². The topological polar surface area (TPSA) is 50.7 Å². The summed E-state index contributed by atoms with van der Waals surface area (Å²) in [6.07, 6.45) is 0. The molecule has 9 aromatic carbocycles. The fraction of sp³-hybridized carbons (Fsp3) is 0.0192. The molecule has 0 fully saturated rings. The second-order valence-corrected chi connectivity index (χ2v) is 14.7. The summed E-state index contributed by atoms with van der Waals surface area (Å²) in [5, 5.41) is 12.0. The van der Waals surface area contributed by atoms with Crippen LogP contribution < -0.4 is 5.32 Å². The second-order valence-electron chi connectivity index (χ2n) is 14.7. The molecule has 1 aliphatic heterocycles. The molecule has 1 aliphatic rings. The van der Waals surface area contributed by atoms with Crippen LogP contribution in [0, 0.1) is 0 Å². The second kappa shape index (κ2) is 12.0. The summed E-state index contributed by atoms with van der Waals surface area (Å²) in [5.41, 5.74) is 12.7. The normalized spacial score (nSPS) is 14.1. The minimum Gasteiger partial charge on any atom is -0.456 e. The quantitative estimate of drug-likeness (QED) is 0.180. The summed E-state index contributed by atoms with van der Waals surface area (Å²) in [7, 11) is 0. The summed E-state index contributed by atoms with van der Waals surface area (Å²) < 4.78 is 13.0. The van der Waals surface area contributed by atoms with Crippen LogP contribution in [-0.4, -0.2) is 5.84 Å². The first-order chi connectivity index (χ1) is 27.7. The van der Waals surface area contributed by atoms with E-state index < -0.39 is 0 Å². The van der Waals surface area contributed by atoms with Gasteiger partial charge in [-0.25, -0.2) is 4.99 Å². The van der Waals surface area contributed by atoms with Gasteiger partial charge in [-0.05, 0) is 103 Å². The van der Waals surface area contributed by atoms with Gasteiger partial charge in [-0.1, -0.05) is 140 Å². The zero-order chi connectivity index (χ0) is 36.7. The van der Waals surface area contributed by atoms with Crippen molar-refractivity contribution in [2.24, 2.45) is 4.99 Å². The van der Waals surface area contributed by atoms with Crippen molar-refractivity contribution >= 4 is 66.0 Å². The highest BCUT2D eigenvalue weighted by Crippen LogP contribution is 2.45. The largest absolute Gasteiger partial charge is 0.456 e. The zero-order valence-electron chi connectivity index (χ0n) is 30.2. The highest BCUT2D eigenvalue weighted by Gasteiger charge is 2.30. The van der Waals surface area contributed by atoms with Crippen LogP contribution >= 0.6 is 0 Å². The molecule has 56 heavy (non-hydrogen) atoms. The Kier molecular flexibility index (Phi) is 6.66. The Balaban J connectivity index is 0.923. The summed E-state index contributed by atoms with van der Waals surface area (Å²) in [4.78, 5) is 5.13. The number of hydrogen-bond donors (Lipinski definition) is 1. The maximum atomic E-state index is 6.70. The minimum atomic E-state index is -0.161. The number of benzene rings is 9. The smallest absolute Gasteiger partial charge is 0.157 e. The predicted molar refractivity (Wildman–Crippen MR) is 230 cm³/mol. The van der Waals surface area contributed by atoms with Gasteiger partial charge < -0.3 is 14.2 Å². The number of furan rings is 2. The van der Waals surface area contributed by atoms with E-state index in [-0.39, 0.29) is 6.04 Å². The Bertz CT molecular complexity index is 3340. The SMILES string of the molecule is c1ccc(C2=Nc3c(oc4cc(-c5cccc(-c6cccc(-c7ccc8c(c7)c7cccc9oc%10cccc8c%10c97)c6)c5)ccc34)C(c3ccccc3)N2)cc1. The maximum absolute atomic E-state index is 6.70. The molecule has 0 saturated carbocycles. The third kappa shape index (κ3) is 4.76. The van der Waals surface area contributed by atoms with Crippen molar-refractivity contribution < 1.29 is 8.83 Å². The maximum Gasteiger partial charge on any atom is 0.157 e. The summed E-state index contributed by atoms with van der Waals surface area (Å²) in [6.45, 7) is 0. The first kappa shape index (κ1) is 31.0. The number of aliphatic imine (C=N–C) groups is 1. The lowest BCUT2D eigenvalue weighted by atomic mass is 9.91. The van der Waals surface area contributed by atoms with Crippen molar-refractivity contribution in [3.63, 3.8) is 0 Å². The average Bonchev–Trinajstić information content (AvgIpc) is 3.85. The van der Waals surface area contributed by atoms with Crippen LogP contribution in [0.1, 0.15) is 22.9 Å². The molecule has 1 N–H and O–H groups in total. The number of amidine groups is 1. The average molecular weight is 717 g/mol. The highest BCUT2D eigenvalue weighted by molar-refractivity contribution is 6.33. The molecule has 0 radical (unpaired) electrons. The lowest BCUT2D eigenvalue weighted by molar-refractivity contribution is 0.504. The molecule has 0 saturated heterocycles. The number of fused-ring (bicyclic) bond motifs is 6. The molecule has 0 amide bonds. The Labute approximate surface area is 322 Å². The van der Waals surface area contributed by atoms with Crippen molar-refractivity contribution in [3.8, 4) is 33.4 Å². The van der Waals surface area contributed by atoms with E-state index in [0.29, 0.717) is 0 Å². The molecule has 0 bridgehead atoms. The summed E-state index contributed by atoms with van der Waals surface area (Å²) >= 11 is 0. The van der Waals surface area contributed by atoms with Crippen LogP contribution in [0.25, 0.3) is 87.8 Å². The first-order valence-corrected chi connectivity index (χ1v) is 19.1. The van der Waals surface area contributed by atoms with E-state index in [1.165, 1.54) is 49.0 Å². The monoisotopic (exact) mass is 716 g/mol. The molecule has 3 heterocycles. The fourth-order valence-corrected chi connectivity index (χ4v) is 8.82. The lowest BCUT2D eigenvalue weighted by Gasteiger charge is -2.24. The van der Waals surface area contributed by atoms with Gasteiger partial charge in [0, 0.05) is 21.7 Å². The predicted octanol–water partition coefficient (Wildman–Crippen LogP) is 13.8. The van der Waals surface area contributed by atoms with Gasteiger partial charge in [0.05, 0.1) is 0 Å². The minimum absolute atomic E-state index is 0.161. The van der Waals surface area contributed by atoms with Crippen molar-refractivity contribution in [1.82, 2.24) is 5.32 Å². The lowest BCUT2D eigenvalue weighted by Crippen LogP contribution is -2.32. The van der Waals surface area contributed by atoms with Gasteiger partial charge in [0.1, 0.15) is 34.3 Å². The molecule has 0 spiro atoms. The van der Waals surface area contributed by atoms with Gasteiger partial charge in [0.25, 0.3) is 0 Å². The van der Waals surface area contributed by atoms with Gasteiger partial charge in [-0.15, -0.1) is 0 Å². The van der Waals surface area contributed by atoms with E-state index in [1.807, 2.05) is 24.3 Å². The summed E-state index contributed by atoms with van der Waals surface area (Å²) in [6, 6.07) is 64.4. The van der Waals surface area contributed by atoms with Crippen molar-refractivity contribution in [3.05, 3.63) is 199 Å². The van der Waals surface area contributed by atoms with Gasteiger partial charge in [-0.2, -0.15) is 0 Å². The van der Waals surface area contributed by atoms with Gasteiger partial charge in [0.2, 0.25) is 0 Å². The molecule has 12 rings (SSSR count). The van der Waals surface area contributed by atoms with E-state index >= 15 is 0 Å². The van der Waals surface area contributed by atoms with E-state index in [2.05, 4.69) is 163 Å². The fourth-order valence-electron chi connectivity index (χ4n) is 8.82. The van der Waals surface area contributed by atoms with Crippen LogP contribution in [0.4, 0.5) is 5.69 Å². The van der Waals surface area contributed by atoms with Gasteiger partial charge in [-0.3, -0.25) is 0 Å². The van der Waals surface area contributed by atoms with Crippen molar-refractivity contribution in [1.29, 1.82) is 0 Å². The van der Waals surface area contributed by atoms with Crippen LogP contribution in [0.15, 0.2) is 196 Å². The zero-order valence-corrected chi connectivity index (χ0v) is 30.2. The molecule has 0 aliphatic carbocycles. The third-order valence-electron chi connectivity index (χ3n) is 11.5. The van der Waals surface area contributed by atoms with Crippen molar-refractivity contribution in [2.75, 3.05) is 0 Å². The Hall–Kier alpha value is -7.43. The Morgan fingerprint density at radius 1 is 0.375 bits per heavy atom. The van der Waals surface area contributed by atoms with E-state index in [0.717, 1.165) is 67.2 Å². The molecular formula is C52H32N2O2. The van der Waals surface area contributed by atoms with Crippen LogP contribution in [0.3, 0.4) is 0 Å². The van der Waals surface area contributed by atoms with Crippen molar-refractivity contribution in [2.45, 2.75) is 6.04 Å². The van der Waals surface area contributed by atoms with E-state index in [1.54, 1.807) is 0 Å². The van der Waals surface area contributed by atoms with E-state index in [9.17, 15) is 0 Å². The summed E-state index contributed by atoms with van der Waals surface area (Å²) in [5.74, 6) is 1.67. The molecule has 11 aromatic rings. The molecule has 1 atom stereocenters. The van der Waals surface area contributed by atoms with E-state index in [4.69, 9.17) is 13.8 Å². The third-order valence-corrected chi connectivity index (χ3v) is 11.5. The highest BCUT2D eigenvalue weighted by atomic mass is 16.3. The van der Waals surface area contributed by atoms with Crippen LogP contribution in [0.2, 0.25) is 0 Å². The first-order valence-electron chi connectivity index (χ1n) is 19.1. The Morgan fingerprint density at radius 3 is 1.57 bits per heavy atom. The Morgan fingerprint density at radius 2 is 0.911 bits per heavy atom. The molecule has 1 unspecified atom stereocenters. The van der Waals surface area contributed by atoms with Crippen LogP contribution in [-0.2, 0) is 0 Å². The molecule has 4 heteroatoms. The van der Waals surface area contributed by atoms with Crippen LogP contribution in [0.5, 0.6) is 0 Å². The molecule has 262 valence electrons. The number of rotatable bonds is 5. The molecule has 2 aromatic heterocycles.